The molecular formula is C27H46N8O9. The molecule has 17 heteroatoms. The van der Waals surface area contributed by atoms with Crippen molar-refractivity contribution in [2.24, 2.45) is 11.5 Å². The monoisotopic (exact) mass is 626 g/mol. The summed E-state index contributed by atoms with van der Waals surface area (Å²) >= 11 is 0. The number of methoxy groups -OCH3 is 1. The molecule has 0 fully saturated rings. The van der Waals surface area contributed by atoms with E-state index in [0.717, 1.165) is 7.11 Å². The molecule has 0 aliphatic carbocycles. The molecule has 0 rings (SSSR count). The van der Waals surface area contributed by atoms with E-state index in [1.807, 2.05) is 5.92 Å². The minimum absolute atomic E-state index is 0.0706. The third-order valence-corrected chi connectivity index (χ3v) is 6.21. The molecule has 248 valence electrons. The number of esters is 1. The number of ketones is 1. The number of ether oxygens (including phenoxy) is 1. The molecule has 0 saturated carbocycles. The molecule has 0 bridgehead atoms. The second-order valence-corrected chi connectivity index (χ2v) is 9.82. The highest BCUT2D eigenvalue weighted by atomic mass is 16.5. The van der Waals surface area contributed by atoms with Crippen LogP contribution in [0.2, 0.25) is 0 Å². The van der Waals surface area contributed by atoms with Gasteiger partial charge in [0.15, 0.2) is 6.04 Å². The first kappa shape index (κ1) is 39.9. The van der Waals surface area contributed by atoms with E-state index in [1.54, 1.807) is 7.05 Å². The fourth-order valence-electron chi connectivity index (χ4n) is 3.67. The number of nitrogens with two attached hydrogens (primary N) is 2. The van der Waals surface area contributed by atoms with Crippen LogP contribution in [0.15, 0.2) is 0 Å². The summed E-state index contributed by atoms with van der Waals surface area (Å²) in [6.45, 7) is 3.23. The van der Waals surface area contributed by atoms with Crippen molar-refractivity contribution in [3.05, 3.63) is 0 Å². The van der Waals surface area contributed by atoms with Crippen LogP contribution in [-0.4, -0.2) is 116 Å². The SMILES string of the molecule is C#C[C@H](NC(=O)[C@H](CCN)NC(=O)[C@H](C)NC(=O)[C@@H](NC(=O)C(CCCCN)NC(=O)CCNC)[C@@H](C)O)C(=O)C(=O)OC. The molecule has 0 heterocycles. The Morgan fingerprint density at radius 1 is 0.818 bits per heavy atom. The van der Waals surface area contributed by atoms with Crippen molar-refractivity contribution in [3.63, 3.8) is 0 Å². The molecule has 5 amide bonds. The van der Waals surface area contributed by atoms with Crippen molar-refractivity contribution in [3.8, 4) is 12.3 Å². The van der Waals surface area contributed by atoms with Gasteiger partial charge in [-0.15, -0.1) is 6.42 Å². The Balaban J connectivity index is 5.51. The van der Waals surface area contributed by atoms with Crippen molar-refractivity contribution in [1.29, 1.82) is 0 Å². The van der Waals surface area contributed by atoms with Crippen LogP contribution in [0.1, 0.15) is 46.0 Å². The largest absolute Gasteiger partial charge is 0.463 e. The zero-order valence-electron chi connectivity index (χ0n) is 25.6. The van der Waals surface area contributed by atoms with Crippen LogP contribution >= 0.6 is 0 Å². The fourth-order valence-corrected chi connectivity index (χ4v) is 3.67. The second-order valence-electron chi connectivity index (χ2n) is 9.82. The lowest BCUT2D eigenvalue weighted by molar-refractivity contribution is -0.152. The predicted octanol–water partition coefficient (Wildman–Crippen LogP) is -4.73. The Bertz CT molecular complexity index is 1050. The highest BCUT2D eigenvalue weighted by Gasteiger charge is 2.33. The van der Waals surface area contributed by atoms with Crippen molar-refractivity contribution in [1.82, 2.24) is 31.9 Å². The van der Waals surface area contributed by atoms with E-state index in [0.29, 0.717) is 25.9 Å². The summed E-state index contributed by atoms with van der Waals surface area (Å²) in [5, 5.41) is 25.0. The first-order valence-electron chi connectivity index (χ1n) is 14.1. The highest BCUT2D eigenvalue weighted by Crippen LogP contribution is 2.04. The lowest BCUT2D eigenvalue weighted by Gasteiger charge is -2.26. The van der Waals surface area contributed by atoms with Crippen LogP contribution in [0, 0.1) is 12.3 Å². The predicted molar refractivity (Wildman–Crippen MR) is 158 cm³/mol. The number of rotatable bonds is 21. The van der Waals surface area contributed by atoms with Gasteiger partial charge in [0.25, 0.3) is 5.78 Å². The quantitative estimate of drug-likeness (QED) is 0.0252. The summed E-state index contributed by atoms with van der Waals surface area (Å²) in [6, 6.07) is -6.76. The normalized spacial score (nSPS) is 14.7. The van der Waals surface area contributed by atoms with Crippen LogP contribution in [0.4, 0.5) is 0 Å². The molecule has 0 aromatic rings. The molecule has 11 N–H and O–H groups in total. The molecule has 0 aromatic carbocycles. The van der Waals surface area contributed by atoms with Gasteiger partial charge in [-0.25, -0.2) is 4.79 Å². The van der Waals surface area contributed by atoms with Crippen molar-refractivity contribution < 1.29 is 43.4 Å². The first-order valence-corrected chi connectivity index (χ1v) is 14.1. The summed E-state index contributed by atoms with van der Waals surface area (Å²) in [5.74, 6) is -4.33. The van der Waals surface area contributed by atoms with Gasteiger partial charge < -0.3 is 53.2 Å². The second kappa shape index (κ2) is 21.6. The van der Waals surface area contributed by atoms with E-state index in [1.165, 1.54) is 13.8 Å². The maximum atomic E-state index is 13.0. The molecule has 0 aromatic heterocycles. The smallest absolute Gasteiger partial charge is 0.377 e. The van der Waals surface area contributed by atoms with E-state index in [9.17, 15) is 38.7 Å². The van der Waals surface area contributed by atoms with E-state index >= 15 is 0 Å². The Kier molecular flexibility index (Phi) is 19.5. The summed E-state index contributed by atoms with van der Waals surface area (Å²) in [5.41, 5.74) is 11.1. The molecule has 0 saturated heterocycles. The van der Waals surface area contributed by atoms with Gasteiger partial charge in [-0.3, -0.25) is 28.8 Å². The number of aliphatic hydroxyl groups is 1. The molecule has 17 nitrogen and oxygen atoms in total. The van der Waals surface area contributed by atoms with Gasteiger partial charge in [0.1, 0.15) is 24.2 Å². The summed E-state index contributed by atoms with van der Waals surface area (Å²) in [7, 11) is 2.63. The zero-order chi connectivity index (χ0) is 33.8. The number of carbonyl (C=O) groups excluding carboxylic acids is 7. The maximum Gasteiger partial charge on any atom is 0.377 e. The van der Waals surface area contributed by atoms with Crippen LogP contribution in [0.5, 0.6) is 0 Å². The Morgan fingerprint density at radius 2 is 1.43 bits per heavy atom. The van der Waals surface area contributed by atoms with Crippen LogP contribution in [0.3, 0.4) is 0 Å². The van der Waals surface area contributed by atoms with Gasteiger partial charge in [0, 0.05) is 13.0 Å². The molecule has 1 unspecified atom stereocenters. The number of hydrogen-bond donors (Lipinski definition) is 9. The summed E-state index contributed by atoms with van der Waals surface area (Å²) in [4.78, 5) is 87.3. The molecule has 0 aliphatic heterocycles. The van der Waals surface area contributed by atoms with Gasteiger partial charge in [-0.2, -0.15) is 0 Å². The number of nitrogens with one attached hydrogen (secondary N) is 6. The standard InChI is InChI=1S/C27H46N8O9/c1-6-17(22(38)27(43)44-5)33-24(40)19(10-13-29)34-23(39)15(2)31-26(42)21(16(3)36)35-25(41)18(9-7-8-12-28)32-20(37)11-14-30-4/h1,15-19,21,30,36H,7-14,28-29H2,2-5H3,(H,31,42)(H,32,37)(H,33,40)(H,34,39)(H,35,41)/t15-,16+,17-,18?,19-,21-/m0/s1. The number of amides is 5. The van der Waals surface area contributed by atoms with Crippen molar-refractivity contribution in [2.45, 2.75) is 82.3 Å². The lowest BCUT2D eigenvalue weighted by Crippen LogP contribution is -2.60. The number of terminal acetylenes is 1. The van der Waals surface area contributed by atoms with E-state index in [-0.39, 0.29) is 25.8 Å². The van der Waals surface area contributed by atoms with Gasteiger partial charge in [-0.05, 0) is 59.7 Å². The zero-order valence-corrected chi connectivity index (χ0v) is 25.6. The third-order valence-electron chi connectivity index (χ3n) is 6.21. The van der Waals surface area contributed by atoms with E-state index in [2.05, 4.69) is 36.6 Å². The Morgan fingerprint density at radius 3 is 1.95 bits per heavy atom. The van der Waals surface area contributed by atoms with E-state index < -0.39 is 77.6 Å². The lowest BCUT2D eigenvalue weighted by atomic mass is 10.1. The molecule has 44 heavy (non-hydrogen) atoms. The van der Waals surface area contributed by atoms with Gasteiger partial charge in [0.2, 0.25) is 29.5 Å². The molecule has 0 spiro atoms. The number of hydrogen-bond acceptors (Lipinski definition) is 12. The first-order chi connectivity index (χ1) is 20.8. The van der Waals surface area contributed by atoms with Gasteiger partial charge in [0.05, 0.1) is 13.2 Å². The minimum Gasteiger partial charge on any atom is -0.463 e. The Labute approximate surface area is 256 Å². The number of Topliss-reactive ketones (excluding diaryl/α,β-unsaturated/α-hetero) is 1. The van der Waals surface area contributed by atoms with Crippen LogP contribution in [0.25, 0.3) is 0 Å². The summed E-state index contributed by atoms with van der Waals surface area (Å²) < 4.78 is 4.31. The Hall–Kier alpha value is -4.11. The topological polar surface area (TPSA) is 273 Å². The average Bonchev–Trinajstić information content (AvgIpc) is 2.99. The third kappa shape index (κ3) is 14.4. The summed E-state index contributed by atoms with van der Waals surface area (Å²) in [6.07, 6.45) is 5.19. The van der Waals surface area contributed by atoms with Gasteiger partial charge >= 0.3 is 5.97 Å². The molecule has 0 radical (unpaired) electrons. The highest BCUT2D eigenvalue weighted by molar-refractivity contribution is 6.36. The van der Waals surface area contributed by atoms with Crippen molar-refractivity contribution in [2.75, 3.05) is 33.8 Å². The molecule has 0 aliphatic rings. The van der Waals surface area contributed by atoms with Crippen LogP contribution < -0.4 is 43.4 Å². The fraction of sp³-hybridized carbons (Fsp3) is 0.667. The van der Waals surface area contributed by atoms with E-state index in [4.69, 9.17) is 17.9 Å². The average molecular weight is 627 g/mol. The number of aliphatic hydroxyl groups excluding tert-OH is 1. The molecule has 6 atom stereocenters. The van der Waals surface area contributed by atoms with Crippen LogP contribution in [-0.2, 0) is 38.3 Å². The molecular weight excluding hydrogens is 580 g/mol. The maximum absolute atomic E-state index is 13.0. The minimum atomic E-state index is -1.66. The van der Waals surface area contributed by atoms with Gasteiger partial charge in [-0.1, -0.05) is 5.92 Å². The number of carbonyl (C=O) groups is 7. The number of unbranched alkanes of at least 4 members (excludes halogenated alkanes) is 1. The van der Waals surface area contributed by atoms with Crippen molar-refractivity contribution >= 4 is 41.3 Å².